The highest BCUT2D eigenvalue weighted by atomic mass is 19.4. The Morgan fingerprint density at radius 2 is 1.75 bits per heavy atom. The summed E-state index contributed by atoms with van der Waals surface area (Å²) in [4.78, 5) is 25.5. The Morgan fingerprint density at radius 3 is 2.20 bits per heavy atom. The van der Waals surface area contributed by atoms with Crippen LogP contribution >= 0.6 is 0 Å². The Balaban J connectivity index is 5.12. The Hall–Kier alpha value is -2.06. The summed E-state index contributed by atoms with van der Waals surface area (Å²) in [5.41, 5.74) is -1.18. The van der Waals surface area contributed by atoms with Crippen molar-refractivity contribution in [3.05, 3.63) is 11.3 Å². The molecule has 0 aromatic rings. The number of hydrogen-bond donors (Lipinski definition) is 1. The number of rotatable bonds is 6. The second kappa shape index (κ2) is 8.18. The van der Waals surface area contributed by atoms with Gasteiger partial charge in [0.05, 0.1) is 13.2 Å². The molecule has 6 nitrogen and oxygen atoms in total. The summed E-state index contributed by atoms with van der Waals surface area (Å²) in [5.74, 6) is -4.31. The third-order valence-corrected chi connectivity index (χ3v) is 1.77. The number of aliphatic hydroxyl groups is 1. The van der Waals surface area contributed by atoms with Gasteiger partial charge in [-0.2, -0.15) is 13.2 Å². The number of hydrogen-bond acceptors (Lipinski definition) is 6. The normalized spacial score (nSPS) is 13.1. The molecule has 0 atom stereocenters. The van der Waals surface area contributed by atoms with Crippen molar-refractivity contribution in [1.29, 1.82) is 0 Å². The van der Waals surface area contributed by atoms with E-state index in [0.717, 1.165) is 0 Å². The molecule has 20 heavy (non-hydrogen) atoms. The molecule has 0 unspecified atom stereocenters. The number of carbonyl (C=O) groups excluding carboxylic acids is 2. The number of ether oxygens (including phenoxy) is 2. The summed E-state index contributed by atoms with van der Waals surface area (Å²) in [6, 6.07) is 0. The lowest BCUT2D eigenvalue weighted by Crippen LogP contribution is -2.20. The third-order valence-electron chi connectivity index (χ3n) is 1.77. The Bertz CT molecular complexity index is 415. The van der Waals surface area contributed by atoms with Crippen LogP contribution in [0, 0.1) is 0 Å². The average molecular weight is 297 g/mol. The van der Waals surface area contributed by atoms with Crippen LogP contribution in [0.3, 0.4) is 0 Å². The number of esters is 2. The van der Waals surface area contributed by atoms with Crippen molar-refractivity contribution >= 4 is 18.2 Å². The molecule has 0 saturated heterocycles. The molecule has 9 heteroatoms. The van der Waals surface area contributed by atoms with E-state index in [2.05, 4.69) is 14.5 Å². The maximum atomic E-state index is 12.3. The molecule has 0 aromatic carbocycles. The number of carbonyl (C=O) groups is 2. The van der Waals surface area contributed by atoms with E-state index >= 15 is 0 Å². The van der Waals surface area contributed by atoms with Crippen molar-refractivity contribution < 1.29 is 37.3 Å². The quantitative estimate of drug-likeness (QED) is 0.348. The fourth-order valence-corrected chi connectivity index (χ4v) is 0.990. The van der Waals surface area contributed by atoms with Gasteiger partial charge in [0.25, 0.3) is 0 Å². The molecule has 0 spiro atoms. The first-order chi connectivity index (χ1) is 9.23. The molecule has 114 valence electrons. The van der Waals surface area contributed by atoms with Crippen LogP contribution in [0.4, 0.5) is 13.2 Å². The average Bonchev–Trinajstić information content (AvgIpc) is 2.33. The van der Waals surface area contributed by atoms with Crippen molar-refractivity contribution in [3.63, 3.8) is 0 Å². The molecule has 0 amide bonds. The minimum atomic E-state index is -5.13. The van der Waals surface area contributed by atoms with Crippen molar-refractivity contribution in [2.24, 2.45) is 4.99 Å². The lowest BCUT2D eigenvalue weighted by atomic mass is 10.2. The second-order valence-electron chi connectivity index (χ2n) is 3.26. The van der Waals surface area contributed by atoms with Crippen LogP contribution in [0.2, 0.25) is 0 Å². The Morgan fingerprint density at radius 1 is 1.20 bits per heavy atom. The number of aliphatic imine (C=N–C) groups is 1. The summed E-state index contributed by atoms with van der Waals surface area (Å²) in [7, 11) is 0. The summed E-state index contributed by atoms with van der Waals surface area (Å²) in [5, 5.41) is 8.96. The largest absolute Gasteiger partial charge is 0.504 e. The van der Waals surface area contributed by atoms with Crippen LogP contribution in [-0.2, 0) is 19.1 Å². The van der Waals surface area contributed by atoms with E-state index in [1.54, 1.807) is 6.92 Å². The summed E-state index contributed by atoms with van der Waals surface area (Å²) in [6.45, 7) is 2.25. The molecule has 0 saturated carbocycles. The monoisotopic (exact) mass is 297 g/mol. The molecule has 0 aliphatic heterocycles. The molecule has 0 aliphatic rings. The highest BCUT2D eigenvalue weighted by molar-refractivity contribution is 6.10. The SMILES string of the molecule is CCOC(=O)CN=C/C(C(=O)OCC)=C(\O)C(F)(F)F. The number of halogens is 3. The first-order valence-corrected chi connectivity index (χ1v) is 5.57. The van der Waals surface area contributed by atoms with E-state index in [-0.39, 0.29) is 13.2 Å². The van der Waals surface area contributed by atoms with Gasteiger partial charge in [-0.1, -0.05) is 0 Å². The smallest absolute Gasteiger partial charge is 0.449 e. The van der Waals surface area contributed by atoms with Crippen LogP contribution in [-0.4, -0.2) is 49.2 Å². The van der Waals surface area contributed by atoms with Crippen LogP contribution in [0.25, 0.3) is 0 Å². The molecule has 0 heterocycles. The standard InChI is InChI=1S/C11H14F3NO5/c1-3-19-8(16)6-15-5-7(10(18)20-4-2)9(17)11(12,13)14/h5,17H,3-4,6H2,1-2H3/b9-7+,15-5?. The fraction of sp³-hybridized carbons (Fsp3) is 0.545. The zero-order valence-corrected chi connectivity index (χ0v) is 10.9. The number of aliphatic hydroxyl groups excluding tert-OH is 1. The van der Waals surface area contributed by atoms with E-state index in [1.807, 2.05) is 0 Å². The predicted octanol–water partition coefficient (Wildman–Crippen LogP) is 1.56. The Labute approximate surface area is 112 Å². The maximum absolute atomic E-state index is 12.3. The van der Waals surface area contributed by atoms with E-state index in [4.69, 9.17) is 5.11 Å². The molecule has 0 aliphatic carbocycles. The number of alkyl halides is 3. The molecule has 0 fully saturated rings. The van der Waals surface area contributed by atoms with Gasteiger partial charge in [0.1, 0.15) is 12.1 Å². The van der Waals surface area contributed by atoms with Crippen LogP contribution < -0.4 is 0 Å². The van der Waals surface area contributed by atoms with Crippen molar-refractivity contribution in [2.45, 2.75) is 20.0 Å². The number of nitrogens with zero attached hydrogens (tertiary/aromatic N) is 1. The minimum Gasteiger partial charge on any atom is -0.504 e. The Kier molecular flexibility index (Phi) is 7.34. The van der Waals surface area contributed by atoms with Crippen LogP contribution in [0.15, 0.2) is 16.3 Å². The molecule has 0 rings (SSSR count). The van der Waals surface area contributed by atoms with E-state index in [1.165, 1.54) is 6.92 Å². The van der Waals surface area contributed by atoms with Gasteiger partial charge < -0.3 is 14.6 Å². The van der Waals surface area contributed by atoms with Gasteiger partial charge in [0.2, 0.25) is 5.76 Å². The van der Waals surface area contributed by atoms with Gasteiger partial charge in [0.15, 0.2) is 0 Å². The van der Waals surface area contributed by atoms with Crippen LogP contribution in [0.1, 0.15) is 13.8 Å². The zero-order valence-electron chi connectivity index (χ0n) is 10.9. The van der Waals surface area contributed by atoms with Gasteiger partial charge in [-0.3, -0.25) is 9.79 Å². The first-order valence-electron chi connectivity index (χ1n) is 5.57. The first kappa shape index (κ1) is 17.9. The lowest BCUT2D eigenvalue weighted by molar-refractivity contribution is -0.142. The van der Waals surface area contributed by atoms with Gasteiger partial charge in [-0.15, -0.1) is 0 Å². The summed E-state index contributed by atoms with van der Waals surface area (Å²) in [6.07, 6.45) is -4.70. The highest BCUT2D eigenvalue weighted by Crippen LogP contribution is 2.25. The highest BCUT2D eigenvalue weighted by Gasteiger charge is 2.38. The molecule has 1 N–H and O–H groups in total. The van der Waals surface area contributed by atoms with Crippen molar-refractivity contribution in [3.8, 4) is 0 Å². The fourth-order valence-electron chi connectivity index (χ4n) is 0.990. The predicted molar refractivity (Wildman–Crippen MR) is 62.3 cm³/mol. The van der Waals surface area contributed by atoms with Crippen LogP contribution in [0.5, 0.6) is 0 Å². The van der Waals surface area contributed by atoms with E-state index in [0.29, 0.717) is 6.21 Å². The van der Waals surface area contributed by atoms with Gasteiger partial charge in [0, 0.05) is 6.21 Å². The van der Waals surface area contributed by atoms with Crippen molar-refractivity contribution in [1.82, 2.24) is 0 Å². The molecular formula is C11H14F3NO5. The molecule has 0 aromatic heterocycles. The van der Waals surface area contributed by atoms with Gasteiger partial charge in [-0.25, -0.2) is 4.79 Å². The molecule has 0 radical (unpaired) electrons. The summed E-state index contributed by atoms with van der Waals surface area (Å²) >= 11 is 0. The zero-order chi connectivity index (χ0) is 15.8. The topological polar surface area (TPSA) is 85.2 Å². The lowest BCUT2D eigenvalue weighted by Gasteiger charge is -2.09. The molecule has 0 bridgehead atoms. The number of allylic oxidation sites excluding steroid dienone is 1. The molecular weight excluding hydrogens is 283 g/mol. The summed E-state index contributed by atoms with van der Waals surface area (Å²) < 4.78 is 45.9. The van der Waals surface area contributed by atoms with Gasteiger partial charge >= 0.3 is 18.1 Å². The van der Waals surface area contributed by atoms with E-state index < -0.39 is 36.0 Å². The van der Waals surface area contributed by atoms with E-state index in [9.17, 15) is 22.8 Å². The minimum absolute atomic E-state index is 0.0860. The second-order valence-corrected chi connectivity index (χ2v) is 3.26. The maximum Gasteiger partial charge on any atom is 0.449 e. The van der Waals surface area contributed by atoms with Gasteiger partial charge in [-0.05, 0) is 13.8 Å². The third kappa shape index (κ3) is 6.21. The van der Waals surface area contributed by atoms with Crippen molar-refractivity contribution in [2.75, 3.05) is 19.8 Å².